The molecule has 2 aromatic carbocycles. The minimum absolute atomic E-state index is 0.0214. The lowest BCUT2D eigenvalue weighted by Crippen LogP contribution is -2.44. The van der Waals surface area contributed by atoms with Gasteiger partial charge in [-0.2, -0.15) is 8.78 Å². The Hall–Kier alpha value is -3.69. The van der Waals surface area contributed by atoms with Crippen molar-refractivity contribution in [2.24, 2.45) is 5.92 Å². The Labute approximate surface area is 251 Å². The number of rotatable bonds is 11. The maximum atomic E-state index is 13.4. The van der Waals surface area contributed by atoms with Gasteiger partial charge < -0.3 is 24.6 Å². The quantitative estimate of drug-likeness (QED) is 0.370. The van der Waals surface area contributed by atoms with Crippen molar-refractivity contribution in [2.45, 2.75) is 89.4 Å². The number of alkyl halides is 2. The molecular weight excluding hydrogens is 556 g/mol. The summed E-state index contributed by atoms with van der Waals surface area (Å²) in [5.74, 6) is -0.0593. The van der Waals surface area contributed by atoms with Gasteiger partial charge in [0.15, 0.2) is 11.5 Å². The standard InChI is InChI=1S/C33H41F2N3O5/c1-21(39)38-19-26(24-13-14-29(43-33(34)35)30(17-24)42-20-22-11-12-22)16-28(38)31(40)36-18-23-7-6-8-25(15-23)32(41)37(2)27-9-4-3-5-10-27/h6-8,13-15,17,22,26-28,33H,3-5,9-12,16,18-20H2,1-2H3,(H,36,40)/t26?,28-/m1/s1. The fraction of sp³-hybridized carbons (Fsp3) is 0.545. The number of likely N-dealkylation sites (tertiary alicyclic amines) is 1. The predicted molar refractivity (Wildman–Crippen MR) is 157 cm³/mol. The number of hydrogen-bond donors (Lipinski definition) is 1. The van der Waals surface area contributed by atoms with Crippen molar-refractivity contribution in [3.63, 3.8) is 0 Å². The fourth-order valence-corrected chi connectivity index (χ4v) is 6.21. The van der Waals surface area contributed by atoms with E-state index < -0.39 is 12.7 Å². The number of amides is 3. The van der Waals surface area contributed by atoms with Crippen LogP contribution in [0.5, 0.6) is 11.5 Å². The highest BCUT2D eigenvalue weighted by Crippen LogP contribution is 2.39. The van der Waals surface area contributed by atoms with Crippen molar-refractivity contribution >= 4 is 17.7 Å². The topological polar surface area (TPSA) is 88.2 Å². The van der Waals surface area contributed by atoms with Crippen LogP contribution in [0.4, 0.5) is 8.78 Å². The first kappa shape index (κ1) is 30.8. The van der Waals surface area contributed by atoms with Crippen molar-refractivity contribution in [3.05, 3.63) is 59.2 Å². The maximum Gasteiger partial charge on any atom is 0.387 e. The van der Waals surface area contributed by atoms with Crippen molar-refractivity contribution in [1.29, 1.82) is 0 Å². The lowest BCUT2D eigenvalue weighted by molar-refractivity contribution is -0.136. The molecule has 2 aliphatic carbocycles. The Morgan fingerprint density at radius 3 is 2.49 bits per heavy atom. The van der Waals surface area contributed by atoms with Gasteiger partial charge in [0.05, 0.1) is 6.61 Å². The summed E-state index contributed by atoms with van der Waals surface area (Å²) in [6.45, 7) is -0.564. The number of hydrogen-bond acceptors (Lipinski definition) is 5. The first-order valence-electron chi connectivity index (χ1n) is 15.3. The van der Waals surface area contributed by atoms with E-state index in [9.17, 15) is 23.2 Å². The summed E-state index contributed by atoms with van der Waals surface area (Å²) < 4.78 is 36.4. The summed E-state index contributed by atoms with van der Waals surface area (Å²) in [4.78, 5) is 42.4. The zero-order valence-corrected chi connectivity index (χ0v) is 24.9. The highest BCUT2D eigenvalue weighted by molar-refractivity contribution is 5.94. The zero-order chi connectivity index (χ0) is 30.5. The van der Waals surface area contributed by atoms with Crippen LogP contribution in [0.25, 0.3) is 0 Å². The molecule has 0 radical (unpaired) electrons. The highest BCUT2D eigenvalue weighted by atomic mass is 19.3. The third-order valence-corrected chi connectivity index (χ3v) is 8.92. The molecule has 1 aliphatic heterocycles. The predicted octanol–water partition coefficient (Wildman–Crippen LogP) is 5.50. The molecule has 1 unspecified atom stereocenters. The maximum absolute atomic E-state index is 13.4. The van der Waals surface area contributed by atoms with E-state index in [2.05, 4.69) is 10.1 Å². The largest absolute Gasteiger partial charge is 0.489 e. The van der Waals surface area contributed by atoms with E-state index in [1.807, 2.05) is 30.1 Å². The third kappa shape index (κ3) is 7.83. The van der Waals surface area contributed by atoms with Gasteiger partial charge in [0.1, 0.15) is 6.04 Å². The van der Waals surface area contributed by atoms with Crippen LogP contribution < -0.4 is 14.8 Å². The first-order valence-corrected chi connectivity index (χ1v) is 15.3. The van der Waals surface area contributed by atoms with Crippen LogP contribution in [0.15, 0.2) is 42.5 Å². The Morgan fingerprint density at radius 2 is 1.79 bits per heavy atom. The summed E-state index contributed by atoms with van der Waals surface area (Å²) in [5.41, 5.74) is 2.18. The van der Waals surface area contributed by atoms with Crippen LogP contribution in [0.2, 0.25) is 0 Å². The molecule has 8 nitrogen and oxygen atoms in total. The van der Waals surface area contributed by atoms with Gasteiger partial charge in [-0.05, 0) is 73.4 Å². The highest BCUT2D eigenvalue weighted by Gasteiger charge is 2.39. The molecule has 1 N–H and O–H groups in total. The van der Waals surface area contributed by atoms with Crippen LogP contribution in [-0.2, 0) is 16.1 Å². The van der Waals surface area contributed by atoms with Crippen molar-refractivity contribution in [2.75, 3.05) is 20.2 Å². The molecule has 3 amide bonds. The number of nitrogens with one attached hydrogen (secondary N) is 1. The molecule has 2 aromatic rings. The average Bonchev–Trinajstić information content (AvgIpc) is 3.73. The molecule has 0 bridgehead atoms. The van der Waals surface area contributed by atoms with Gasteiger partial charge in [-0.3, -0.25) is 14.4 Å². The minimum atomic E-state index is -2.97. The Balaban J connectivity index is 1.23. The summed E-state index contributed by atoms with van der Waals surface area (Å²) in [6.07, 6.45) is 8.03. The number of carbonyl (C=O) groups is 3. The molecule has 0 spiro atoms. The van der Waals surface area contributed by atoms with Crippen LogP contribution in [-0.4, -0.2) is 66.4 Å². The van der Waals surface area contributed by atoms with Crippen LogP contribution in [0.1, 0.15) is 85.7 Å². The van der Waals surface area contributed by atoms with E-state index in [1.165, 1.54) is 19.4 Å². The molecule has 1 heterocycles. The van der Waals surface area contributed by atoms with Crippen molar-refractivity contribution < 1.29 is 32.6 Å². The molecule has 2 saturated carbocycles. The van der Waals surface area contributed by atoms with E-state index in [4.69, 9.17) is 4.74 Å². The van der Waals surface area contributed by atoms with Gasteiger partial charge >= 0.3 is 6.61 Å². The normalized spacial score (nSPS) is 20.6. The Bertz CT molecular complexity index is 1310. The van der Waals surface area contributed by atoms with Crippen molar-refractivity contribution in [3.8, 4) is 11.5 Å². The number of halogens is 2. The molecule has 5 rings (SSSR count). The van der Waals surface area contributed by atoms with E-state index in [0.717, 1.165) is 49.7 Å². The second-order valence-electron chi connectivity index (χ2n) is 12.1. The van der Waals surface area contributed by atoms with Crippen LogP contribution in [0, 0.1) is 5.92 Å². The number of benzene rings is 2. The third-order valence-electron chi connectivity index (χ3n) is 8.92. The summed E-state index contributed by atoms with van der Waals surface area (Å²) in [6, 6.07) is 11.7. The first-order chi connectivity index (χ1) is 20.7. The molecule has 3 aliphatic rings. The van der Waals surface area contributed by atoms with Crippen LogP contribution >= 0.6 is 0 Å². The monoisotopic (exact) mass is 597 g/mol. The summed E-state index contributed by atoms with van der Waals surface area (Å²) in [7, 11) is 1.86. The molecular formula is C33H41F2N3O5. The fourth-order valence-electron chi connectivity index (χ4n) is 6.21. The SMILES string of the molecule is CC(=O)N1CC(c2ccc(OC(F)F)c(OCC3CC3)c2)C[C@@H]1C(=O)NCc1cccc(C(=O)N(C)C2CCCCC2)c1. The smallest absolute Gasteiger partial charge is 0.387 e. The Kier molecular flexibility index (Phi) is 9.82. The summed E-state index contributed by atoms with van der Waals surface area (Å²) >= 11 is 0. The lowest BCUT2D eigenvalue weighted by Gasteiger charge is -2.31. The molecule has 1 saturated heterocycles. The van der Waals surface area contributed by atoms with Gasteiger partial charge in [0.2, 0.25) is 11.8 Å². The van der Waals surface area contributed by atoms with Gasteiger partial charge in [0.25, 0.3) is 5.91 Å². The molecule has 232 valence electrons. The van der Waals surface area contributed by atoms with Gasteiger partial charge in [-0.25, -0.2) is 0 Å². The van der Waals surface area contributed by atoms with Crippen LogP contribution in [0.3, 0.4) is 0 Å². The number of ether oxygens (including phenoxy) is 2. The zero-order valence-electron chi connectivity index (χ0n) is 24.9. The van der Waals surface area contributed by atoms with E-state index in [0.29, 0.717) is 31.1 Å². The molecule has 10 heteroatoms. The van der Waals surface area contributed by atoms with Gasteiger partial charge in [-0.1, -0.05) is 37.5 Å². The number of carbonyl (C=O) groups excluding carboxylic acids is 3. The molecule has 43 heavy (non-hydrogen) atoms. The molecule has 3 fully saturated rings. The lowest BCUT2D eigenvalue weighted by atomic mass is 9.94. The van der Waals surface area contributed by atoms with Gasteiger partial charge in [0, 0.05) is 44.6 Å². The number of nitrogens with zero attached hydrogens (tertiary/aromatic N) is 2. The second kappa shape index (κ2) is 13.7. The second-order valence-corrected chi connectivity index (χ2v) is 12.1. The molecule has 0 aromatic heterocycles. The van der Waals surface area contributed by atoms with Crippen molar-refractivity contribution in [1.82, 2.24) is 15.1 Å². The average molecular weight is 598 g/mol. The van der Waals surface area contributed by atoms with E-state index in [-0.39, 0.29) is 47.7 Å². The minimum Gasteiger partial charge on any atom is -0.489 e. The van der Waals surface area contributed by atoms with Gasteiger partial charge in [-0.15, -0.1) is 0 Å². The van der Waals surface area contributed by atoms with E-state index >= 15 is 0 Å². The Morgan fingerprint density at radius 1 is 1.02 bits per heavy atom. The summed E-state index contributed by atoms with van der Waals surface area (Å²) in [5, 5.41) is 2.95. The molecule has 2 atom stereocenters. The van der Waals surface area contributed by atoms with E-state index in [1.54, 1.807) is 23.1 Å².